The van der Waals surface area contributed by atoms with Crippen LogP contribution in [0.2, 0.25) is 0 Å². The highest BCUT2D eigenvalue weighted by Gasteiger charge is 2.44. The van der Waals surface area contributed by atoms with Crippen LogP contribution in [0, 0.1) is 17.1 Å². The van der Waals surface area contributed by atoms with E-state index in [2.05, 4.69) is 47.2 Å². The van der Waals surface area contributed by atoms with Gasteiger partial charge in [0, 0.05) is 75.5 Å². The molecule has 8 rings (SSSR count). The van der Waals surface area contributed by atoms with E-state index in [1.807, 2.05) is 11.0 Å². The van der Waals surface area contributed by atoms with Crippen molar-refractivity contribution < 1.29 is 42.6 Å². The molecule has 1 unspecified atom stereocenters. The summed E-state index contributed by atoms with van der Waals surface area (Å²) in [4.78, 5) is 94.5. The van der Waals surface area contributed by atoms with Gasteiger partial charge in [-0.15, -0.1) is 0 Å². The van der Waals surface area contributed by atoms with Crippen LogP contribution < -0.4 is 30.9 Å². The summed E-state index contributed by atoms with van der Waals surface area (Å²) in [6.45, 7) is 3.42. The SMILES string of the molecule is COc1cccc(F)c1-c1nccc(C(=O)Nc2ccc(-c3cnccc3C#N)cc2N2CCN(CC(=O)NCCOCCNc3ccc4c(c3)C(=O)N(C3CCC(=O)NC3=O)C4=O)CC2)n1. The number of nitrogens with zero attached hydrogens (tertiary/aromatic N) is 7. The molecule has 1 atom stereocenters. The number of rotatable bonds is 16. The number of pyridine rings is 1. The number of hydrogen-bond donors (Lipinski definition) is 4. The number of fused-ring (bicyclic) bond motifs is 1. The molecular formula is C47H44FN11O8. The maximum atomic E-state index is 14.9. The van der Waals surface area contributed by atoms with Crippen LogP contribution in [0.1, 0.15) is 49.6 Å². The number of ether oxygens (including phenoxy) is 2. The van der Waals surface area contributed by atoms with E-state index < -0.39 is 41.4 Å². The van der Waals surface area contributed by atoms with Gasteiger partial charge in [0.1, 0.15) is 23.3 Å². The van der Waals surface area contributed by atoms with Gasteiger partial charge in [-0.2, -0.15) is 5.26 Å². The van der Waals surface area contributed by atoms with Crippen molar-refractivity contribution in [1.29, 1.82) is 5.26 Å². The van der Waals surface area contributed by atoms with E-state index >= 15 is 0 Å². The van der Waals surface area contributed by atoms with Gasteiger partial charge in [-0.05, 0) is 66.6 Å². The Bertz CT molecular complexity index is 2810. The highest BCUT2D eigenvalue weighted by Crippen LogP contribution is 2.35. The Morgan fingerprint density at radius 1 is 0.925 bits per heavy atom. The number of carbonyl (C=O) groups excluding carboxylic acids is 6. The number of piperidine rings is 1. The van der Waals surface area contributed by atoms with Crippen LogP contribution in [0.3, 0.4) is 0 Å². The second kappa shape index (κ2) is 20.4. The molecule has 2 fully saturated rings. The van der Waals surface area contributed by atoms with Crippen molar-refractivity contribution in [2.45, 2.75) is 18.9 Å². The number of imide groups is 2. The molecule has 2 saturated heterocycles. The third-order valence-corrected chi connectivity index (χ3v) is 11.5. The number of nitrogens with one attached hydrogen (secondary N) is 4. The number of nitriles is 1. The van der Waals surface area contributed by atoms with E-state index in [0.717, 1.165) is 4.90 Å². The van der Waals surface area contributed by atoms with Crippen LogP contribution in [0.4, 0.5) is 21.5 Å². The number of methoxy groups -OCH3 is 1. The summed E-state index contributed by atoms with van der Waals surface area (Å²) in [6, 6.07) is 18.7. The van der Waals surface area contributed by atoms with E-state index in [4.69, 9.17) is 9.47 Å². The molecule has 2 aromatic heterocycles. The minimum absolute atomic E-state index is 0.00147. The lowest BCUT2D eigenvalue weighted by Gasteiger charge is -2.36. The summed E-state index contributed by atoms with van der Waals surface area (Å²) in [5.41, 5.74) is 3.88. The van der Waals surface area contributed by atoms with Gasteiger partial charge in [-0.25, -0.2) is 14.4 Å². The van der Waals surface area contributed by atoms with Crippen LogP contribution in [-0.2, 0) is 19.1 Å². The predicted molar refractivity (Wildman–Crippen MR) is 240 cm³/mol. The van der Waals surface area contributed by atoms with Crippen LogP contribution in [0.15, 0.2) is 85.3 Å². The van der Waals surface area contributed by atoms with Crippen molar-refractivity contribution in [3.05, 3.63) is 114 Å². The molecular weight excluding hydrogens is 866 g/mol. The summed E-state index contributed by atoms with van der Waals surface area (Å²) in [5, 5.41) is 21.0. The molecule has 3 aromatic carbocycles. The summed E-state index contributed by atoms with van der Waals surface area (Å²) in [5.74, 6) is -3.41. The molecule has 0 bridgehead atoms. The highest BCUT2D eigenvalue weighted by molar-refractivity contribution is 6.23. The first-order valence-corrected chi connectivity index (χ1v) is 21.4. The summed E-state index contributed by atoms with van der Waals surface area (Å²) in [6.07, 6.45) is 4.64. The van der Waals surface area contributed by atoms with Gasteiger partial charge in [0.05, 0.1) is 66.6 Å². The van der Waals surface area contributed by atoms with Gasteiger partial charge in [-0.1, -0.05) is 12.1 Å². The zero-order valence-electron chi connectivity index (χ0n) is 36.2. The van der Waals surface area contributed by atoms with Crippen LogP contribution in [0.5, 0.6) is 5.75 Å². The number of aromatic nitrogens is 3. The van der Waals surface area contributed by atoms with Gasteiger partial charge in [0.2, 0.25) is 17.7 Å². The fourth-order valence-corrected chi connectivity index (χ4v) is 8.09. The number of anilines is 3. The number of amides is 6. The highest BCUT2D eigenvalue weighted by atomic mass is 19.1. The Morgan fingerprint density at radius 2 is 1.73 bits per heavy atom. The zero-order valence-corrected chi connectivity index (χ0v) is 36.2. The van der Waals surface area contributed by atoms with Gasteiger partial charge in [-0.3, -0.25) is 48.9 Å². The van der Waals surface area contributed by atoms with E-state index in [0.29, 0.717) is 66.5 Å². The fourth-order valence-electron chi connectivity index (χ4n) is 8.09. The fraction of sp³-hybridized carbons (Fsp3) is 0.277. The molecule has 5 heterocycles. The Hall–Kier alpha value is -8.15. The molecule has 0 aliphatic carbocycles. The Morgan fingerprint density at radius 3 is 2.52 bits per heavy atom. The van der Waals surface area contributed by atoms with Crippen LogP contribution >= 0.6 is 0 Å². The Labute approximate surface area is 383 Å². The lowest BCUT2D eigenvalue weighted by Crippen LogP contribution is -2.54. The van der Waals surface area contributed by atoms with E-state index in [1.54, 1.807) is 48.8 Å². The monoisotopic (exact) mass is 909 g/mol. The minimum Gasteiger partial charge on any atom is -0.496 e. The summed E-state index contributed by atoms with van der Waals surface area (Å²) in [7, 11) is 1.40. The van der Waals surface area contributed by atoms with Crippen molar-refractivity contribution in [3.8, 4) is 34.3 Å². The average molecular weight is 910 g/mol. The van der Waals surface area contributed by atoms with E-state index in [1.165, 1.54) is 37.6 Å². The van der Waals surface area contributed by atoms with Gasteiger partial charge in [0.15, 0.2) is 5.82 Å². The van der Waals surface area contributed by atoms with Crippen molar-refractivity contribution in [3.63, 3.8) is 0 Å². The van der Waals surface area contributed by atoms with Crippen molar-refractivity contribution >= 4 is 52.5 Å². The molecule has 6 amide bonds. The molecule has 19 nitrogen and oxygen atoms in total. The topological polar surface area (TPSA) is 241 Å². The molecule has 3 aliphatic heterocycles. The number of benzene rings is 3. The third kappa shape index (κ3) is 10.1. The molecule has 0 radical (unpaired) electrons. The smallest absolute Gasteiger partial charge is 0.274 e. The quantitative estimate of drug-likeness (QED) is 0.0821. The van der Waals surface area contributed by atoms with Gasteiger partial charge < -0.3 is 30.3 Å². The Balaban J connectivity index is 0.821. The number of piperazine rings is 1. The molecule has 342 valence electrons. The molecule has 4 N–H and O–H groups in total. The third-order valence-electron chi connectivity index (χ3n) is 11.5. The molecule has 67 heavy (non-hydrogen) atoms. The van der Waals surface area contributed by atoms with E-state index in [-0.39, 0.29) is 79.0 Å². The normalized spacial score (nSPS) is 16.0. The maximum Gasteiger partial charge on any atom is 0.274 e. The molecule has 3 aliphatic rings. The standard InChI is InChI=1S/C47H44FN11O8/c1-66-39-4-2-3-34(48)42(39)43-53-14-12-36(54-43)44(62)55-35-8-5-28(33-26-50-13-11-29(33)25-49)23-38(35)58-19-17-57(18-20-58)27-41(61)52-16-22-67-21-15-51-30-6-7-31-32(24-30)47(65)59(46(31)64)37-9-10-40(60)56-45(37)63/h2-8,11-14,23-24,26,37,51H,9-10,15-22,27H2,1H3,(H,52,61)(H,55,62)(H,56,60,63). The number of carbonyl (C=O) groups is 6. The first kappa shape index (κ1) is 45.4. The lowest BCUT2D eigenvalue weighted by molar-refractivity contribution is -0.136. The first-order valence-electron chi connectivity index (χ1n) is 21.4. The maximum absolute atomic E-state index is 14.9. The van der Waals surface area contributed by atoms with Crippen molar-refractivity contribution in [2.75, 3.05) is 81.7 Å². The summed E-state index contributed by atoms with van der Waals surface area (Å²) >= 11 is 0. The molecule has 20 heteroatoms. The van der Waals surface area contributed by atoms with Crippen LogP contribution in [-0.4, -0.2) is 132 Å². The summed E-state index contributed by atoms with van der Waals surface area (Å²) < 4.78 is 25.9. The number of halogens is 1. The largest absolute Gasteiger partial charge is 0.496 e. The van der Waals surface area contributed by atoms with Crippen molar-refractivity contribution in [2.24, 2.45) is 0 Å². The van der Waals surface area contributed by atoms with Gasteiger partial charge in [0.25, 0.3) is 17.7 Å². The van der Waals surface area contributed by atoms with Crippen molar-refractivity contribution in [1.82, 2.24) is 35.4 Å². The molecule has 5 aromatic rings. The number of hydrogen-bond acceptors (Lipinski definition) is 15. The van der Waals surface area contributed by atoms with Crippen LogP contribution in [0.25, 0.3) is 22.5 Å². The second-order valence-corrected chi connectivity index (χ2v) is 15.7. The first-order chi connectivity index (χ1) is 32.5. The predicted octanol–water partition coefficient (Wildman–Crippen LogP) is 3.25. The molecule has 0 saturated carbocycles. The Kier molecular flexibility index (Phi) is 13.8. The van der Waals surface area contributed by atoms with E-state index in [9.17, 15) is 38.4 Å². The van der Waals surface area contributed by atoms with Gasteiger partial charge >= 0.3 is 0 Å². The minimum atomic E-state index is -1.04. The second-order valence-electron chi connectivity index (χ2n) is 15.7. The molecule has 0 spiro atoms. The lowest BCUT2D eigenvalue weighted by atomic mass is 10.0. The average Bonchev–Trinajstić information content (AvgIpc) is 3.58. The zero-order chi connectivity index (χ0) is 47.0.